The molecule has 2 rings (SSSR count). The minimum absolute atomic E-state index is 0.00581. The molecule has 1 amide bonds. The number of sulfonamides is 1. The second kappa shape index (κ2) is 8.63. The zero-order valence-corrected chi connectivity index (χ0v) is 16.9. The van der Waals surface area contributed by atoms with Gasteiger partial charge < -0.3 is 4.90 Å². The first-order chi connectivity index (χ1) is 12.6. The number of nitrogens with one attached hydrogen (secondary N) is 1. The first-order valence-corrected chi connectivity index (χ1v) is 10.1. The quantitative estimate of drug-likeness (QED) is 0.787. The first-order valence-electron chi connectivity index (χ1n) is 8.66. The van der Waals surface area contributed by atoms with Gasteiger partial charge in [-0.3, -0.25) is 4.79 Å². The van der Waals surface area contributed by atoms with Crippen LogP contribution in [0.4, 0.5) is 4.39 Å². The molecule has 0 unspecified atom stereocenters. The van der Waals surface area contributed by atoms with Gasteiger partial charge in [0.05, 0.1) is 4.90 Å². The fraction of sp³-hybridized carbons (Fsp3) is 0.350. The average Bonchev–Trinajstić information content (AvgIpc) is 2.55. The van der Waals surface area contributed by atoms with E-state index in [2.05, 4.69) is 4.72 Å². The standard InChI is InChI=1S/C20H25FN2O3S/c1-14-11-15(2)20(16(3)12-14)27(25,26)22-10-9-19(24)23(4)13-17-7-5-6-8-18(17)21/h5-8,11-12,22H,9-10,13H2,1-4H3. The van der Waals surface area contributed by atoms with Crippen LogP contribution in [0.15, 0.2) is 41.3 Å². The minimum atomic E-state index is -3.71. The summed E-state index contributed by atoms with van der Waals surface area (Å²) in [7, 11) is -2.14. The molecule has 0 spiro atoms. The summed E-state index contributed by atoms with van der Waals surface area (Å²) in [6, 6.07) is 9.88. The highest BCUT2D eigenvalue weighted by Crippen LogP contribution is 2.21. The molecule has 0 aliphatic heterocycles. The number of benzene rings is 2. The van der Waals surface area contributed by atoms with Crippen LogP contribution in [0, 0.1) is 26.6 Å². The smallest absolute Gasteiger partial charge is 0.241 e. The van der Waals surface area contributed by atoms with Crippen LogP contribution in [-0.2, 0) is 21.4 Å². The first kappa shape index (κ1) is 21.1. The van der Waals surface area contributed by atoms with Crippen molar-refractivity contribution in [2.45, 2.75) is 38.6 Å². The molecule has 0 saturated heterocycles. The topological polar surface area (TPSA) is 66.5 Å². The number of aryl methyl sites for hydroxylation is 3. The Kier molecular flexibility index (Phi) is 6.73. The number of amides is 1. The Morgan fingerprint density at radius 3 is 2.30 bits per heavy atom. The zero-order chi connectivity index (χ0) is 20.2. The van der Waals surface area contributed by atoms with Crippen molar-refractivity contribution in [1.82, 2.24) is 9.62 Å². The Hall–Kier alpha value is -2.25. The van der Waals surface area contributed by atoms with Crippen LogP contribution in [0.3, 0.4) is 0 Å². The molecule has 0 heterocycles. The van der Waals surface area contributed by atoms with Crippen molar-refractivity contribution in [3.8, 4) is 0 Å². The van der Waals surface area contributed by atoms with E-state index in [4.69, 9.17) is 0 Å². The Labute approximate surface area is 160 Å². The van der Waals surface area contributed by atoms with Gasteiger partial charge in [-0.15, -0.1) is 0 Å². The van der Waals surface area contributed by atoms with Gasteiger partial charge in [0.2, 0.25) is 15.9 Å². The number of carbonyl (C=O) groups excluding carboxylic acids is 1. The van der Waals surface area contributed by atoms with Crippen molar-refractivity contribution in [2.24, 2.45) is 0 Å². The summed E-state index contributed by atoms with van der Waals surface area (Å²) in [6.07, 6.45) is -0.00581. The third-order valence-electron chi connectivity index (χ3n) is 4.30. The van der Waals surface area contributed by atoms with E-state index in [-0.39, 0.29) is 36.1 Å². The largest absolute Gasteiger partial charge is 0.341 e. The number of nitrogens with zero attached hydrogens (tertiary/aromatic N) is 1. The van der Waals surface area contributed by atoms with Crippen LogP contribution in [0.2, 0.25) is 0 Å². The van der Waals surface area contributed by atoms with Crippen LogP contribution in [-0.4, -0.2) is 32.8 Å². The van der Waals surface area contributed by atoms with Gasteiger partial charge in [-0.05, 0) is 38.0 Å². The Balaban J connectivity index is 1.97. The molecule has 0 saturated carbocycles. The summed E-state index contributed by atoms with van der Waals surface area (Å²) >= 11 is 0. The van der Waals surface area contributed by atoms with Gasteiger partial charge in [0.1, 0.15) is 5.82 Å². The summed E-state index contributed by atoms with van der Waals surface area (Å²) in [4.78, 5) is 13.9. The van der Waals surface area contributed by atoms with Crippen molar-refractivity contribution >= 4 is 15.9 Å². The van der Waals surface area contributed by atoms with Crippen molar-refractivity contribution < 1.29 is 17.6 Å². The van der Waals surface area contributed by atoms with Crippen molar-refractivity contribution in [2.75, 3.05) is 13.6 Å². The van der Waals surface area contributed by atoms with Gasteiger partial charge in [-0.2, -0.15) is 0 Å². The highest BCUT2D eigenvalue weighted by Gasteiger charge is 2.20. The Morgan fingerprint density at radius 2 is 1.70 bits per heavy atom. The van der Waals surface area contributed by atoms with E-state index in [1.54, 1.807) is 39.1 Å². The number of hydrogen-bond donors (Lipinski definition) is 1. The molecule has 7 heteroatoms. The van der Waals surface area contributed by atoms with E-state index in [9.17, 15) is 17.6 Å². The van der Waals surface area contributed by atoms with Gasteiger partial charge in [-0.1, -0.05) is 35.9 Å². The Morgan fingerprint density at radius 1 is 1.11 bits per heavy atom. The predicted octanol–water partition coefficient (Wildman–Crippen LogP) is 3.08. The SMILES string of the molecule is Cc1cc(C)c(S(=O)(=O)NCCC(=O)N(C)Cc2ccccc2F)c(C)c1. The lowest BCUT2D eigenvalue weighted by molar-refractivity contribution is -0.130. The fourth-order valence-electron chi connectivity index (χ4n) is 3.12. The molecule has 0 bridgehead atoms. The van der Waals surface area contributed by atoms with Crippen LogP contribution >= 0.6 is 0 Å². The number of hydrogen-bond acceptors (Lipinski definition) is 3. The summed E-state index contributed by atoms with van der Waals surface area (Å²) in [5.74, 6) is -0.638. The minimum Gasteiger partial charge on any atom is -0.341 e. The van der Waals surface area contributed by atoms with Crippen molar-refractivity contribution in [1.29, 1.82) is 0 Å². The van der Waals surface area contributed by atoms with E-state index in [0.717, 1.165) is 5.56 Å². The molecule has 2 aromatic carbocycles. The highest BCUT2D eigenvalue weighted by atomic mass is 32.2. The van der Waals surface area contributed by atoms with Crippen LogP contribution in [0.5, 0.6) is 0 Å². The number of rotatable bonds is 7. The summed E-state index contributed by atoms with van der Waals surface area (Å²) in [5.41, 5.74) is 2.75. The van der Waals surface area contributed by atoms with Crippen molar-refractivity contribution in [3.63, 3.8) is 0 Å². The Bertz CT molecular complexity index is 919. The maximum Gasteiger partial charge on any atom is 0.241 e. The molecule has 0 aromatic heterocycles. The van der Waals surface area contributed by atoms with E-state index in [1.165, 1.54) is 11.0 Å². The molecule has 0 aliphatic rings. The summed E-state index contributed by atoms with van der Waals surface area (Å²) < 4.78 is 41.3. The van der Waals surface area contributed by atoms with E-state index >= 15 is 0 Å². The van der Waals surface area contributed by atoms with Crippen LogP contribution in [0.25, 0.3) is 0 Å². The maximum absolute atomic E-state index is 13.7. The molecule has 0 atom stereocenters. The van der Waals surface area contributed by atoms with Crippen LogP contribution in [0.1, 0.15) is 28.7 Å². The second-order valence-corrected chi connectivity index (χ2v) is 8.42. The molecule has 27 heavy (non-hydrogen) atoms. The molecular weight excluding hydrogens is 367 g/mol. The lowest BCUT2D eigenvalue weighted by Gasteiger charge is -2.18. The number of carbonyl (C=O) groups is 1. The lowest BCUT2D eigenvalue weighted by atomic mass is 10.1. The predicted molar refractivity (Wildman–Crippen MR) is 103 cm³/mol. The summed E-state index contributed by atoms with van der Waals surface area (Å²) in [5, 5.41) is 0. The second-order valence-electron chi connectivity index (χ2n) is 6.72. The van der Waals surface area contributed by atoms with Gasteiger partial charge in [-0.25, -0.2) is 17.5 Å². The molecule has 1 N–H and O–H groups in total. The normalized spacial score (nSPS) is 11.4. The van der Waals surface area contributed by atoms with E-state index in [0.29, 0.717) is 16.7 Å². The van der Waals surface area contributed by atoms with E-state index in [1.807, 2.05) is 19.1 Å². The van der Waals surface area contributed by atoms with Crippen molar-refractivity contribution in [3.05, 3.63) is 64.5 Å². The molecule has 5 nitrogen and oxygen atoms in total. The highest BCUT2D eigenvalue weighted by molar-refractivity contribution is 7.89. The maximum atomic E-state index is 13.7. The van der Waals surface area contributed by atoms with Crippen LogP contribution < -0.4 is 4.72 Å². The van der Waals surface area contributed by atoms with Gasteiger partial charge in [0, 0.05) is 32.1 Å². The lowest BCUT2D eigenvalue weighted by Crippen LogP contribution is -2.32. The van der Waals surface area contributed by atoms with Gasteiger partial charge in [0.25, 0.3) is 0 Å². The fourth-order valence-corrected chi connectivity index (χ4v) is 4.60. The monoisotopic (exact) mass is 392 g/mol. The summed E-state index contributed by atoms with van der Waals surface area (Å²) in [6.45, 7) is 5.53. The molecule has 146 valence electrons. The molecular formula is C20H25FN2O3S. The molecule has 0 radical (unpaired) electrons. The van der Waals surface area contributed by atoms with Gasteiger partial charge in [0.15, 0.2) is 0 Å². The number of halogens is 1. The zero-order valence-electron chi connectivity index (χ0n) is 16.0. The third-order valence-corrected chi connectivity index (χ3v) is 6.06. The van der Waals surface area contributed by atoms with Gasteiger partial charge >= 0.3 is 0 Å². The average molecular weight is 392 g/mol. The molecule has 2 aromatic rings. The molecule has 0 aliphatic carbocycles. The van der Waals surface area contributed by atoms with E-state index < -0.39 is 10.0 Å². The third kappa shape index (κ3) is 5.37. The molecule has 0 fully saturated rings.